The third-order valence-corrected chi connectivity index (χ3v) is 4.45. The lowest BCUT2D eigenvalue weighted by molar-refractivity contribution is -0.130. The summed E-state index contributed by atoms with van der Waals surface area (Å²) in [5, 5.41) is 10.0. The van der Waals surface area contributed by atoms with Crippen molar-refractivity contribution in [2.45, 2.75) is 51.7 Å². The van der Waals surface area contributed by atoms with E-state index in [2.05, 4.69) is 10.6 Å². The molecule has 0 aromatic carbocycles. The number of nitrogens with zero attached hydrogens (tertiary/aromatic N) is 2. The number of hydrogen-bond donors (Lipinski definition) is 1. The largest absolute Gasteiger partial charge is 0.388 e. The Morgan fingerprint density at radius 2 is 2.11 bits per heavy atom. The molecule has 19 heavy (non-hydrogen) atoms. The molecule has 2 heterocycles. The number of aliphatic hydroxyl groups excluding tert-OH is 1. The molecule has 1 unspecified atom stereocenters. The van der Waals surface area contributed by atoms with Crippen LogP contribution < -0.4 is 0 Å². The van der Waals surface area contributed by atoms with Gasteiger partial charge in [0.1, 0.15) is 6.54 Å². The predicted molar refractivity (Wildman–Crippen MR) is 72.9 cm³/mol. The maximum Gasteiger partial charge on any atom is 0.242 e. The van der Waals surface area contributed by atoms with Gasteiger partial charge in [0.25, 0.3) is 0 Å². The van der Waals surface area contributed by atoms with E-state index in [1.54, 1.807) is 0 Å². The first-order chi connectivity index (χ1) is 9.16. The van der Waals surface area contributed by atoms with Crippen molar-refractivity contribution in [2.24, 2.45) is 0 Å². The lowest BCUT2D eigenvalue weighted by Gasteiger charge is -2.22. The van der Waals surface area contributed by atoms with Crippen LogP contribution in [0.3, 0.4) is 0 Å². The summed E-state index contributed by atoms with van der Waals surface area (Å²) < 4.78 is 2.11. The summed E-state index contributed by atoms with van der Waals surface area (Å²) in [7, 11) is 0. The van der Waals surface area contributed by atoms with Crippen LogP contribution in [0.25, 0.3) is 0 Å². The van der Waals surface area contributed by atoms with Crippen molar-refractivity contribution in [3.8, 4) is 0 Å². The molecular formula is C15H22N2O2. The molecule has 1 N–H and O–H groups in total. The normalized spacial score (nSPS) is 22.6. The van der Waals surface area contributed by atoms with Crippen LogP contribution in [0, 0.1) is 6.92 Å². The molecule has 0 spiro atoms. The summed E-state index contributed by atoms with van der Waals surface area (Å²) in [5.41, 5.74) is 3.31. The van der Waals surface area contributed by atoms with E-state index in [4.69, 9.17) is 0 Å². The minimum absolute atomic E-state index is 0.221. The molecule has 0 bridgehead atoms. The number of aryl methyl sites for hydroxylation is 1. The SMILES string of the molecule is Cc1cc2c(n1CC(=O)N1CCCC1)CCCC2O. The molecule has 3 rings (SSSR count). The Kier molecular flexibility index (Phi) is 3.35. The van der Waals surface area contributed by atoms with Crippen LogP contribution in [0.1, 0.15) is 48.7 Å². The first kappa shape index (κ1) is 12.7. The highest BCUT2D eigenvalue weighted by Crippen LogP contribution is 2.32. The summed E-state index contributed by atoms with van der Waals surface area (Å²) in [6.07, 6.45) is 4.76. The van der Waals surface area contributed by atoms with Gasteiger partial charge in [-0.25, -0.2) is 0 Å². The van der Waals surface area contributed by atoms with E-state index in [1.165, 1.54) is 5.69 Å². The second-order valence-electron chi connectivity index (χ2n) is 5.77. The molecule has 4 nitrogen and oxygen atoms in total. The average Bonchev–Trinajstić information content (AvgIpc) is 3.00. The first-order valence-electron chi connectivity index (χ1n) is 7.31. The number of hydrogen-bond acceptors (Lipinski definition) is 2. The van der Waals surface area contributed by atoms with E-state index in [0.717, 1.165) is 56.5 Å². The van der Waals surface area contributed by atoms with Gasteiger partial charge in [0, 0.05) is 30.0 Å². The third-order valence-electron chi connectivity index (χ3n) is 4.45. The van der Waals surface area contributed by atoms with Gasteiger partial charge >= 0.3 is 0 Å². The van der Waals surface area contributed by atoms with E-state index in [1.807, 2.05) is 11.8 Å². The number of carbonyl (C=O) groups is 1. The monoisotopic (exact) mass is 262 g/mol. The second-order valence-corrected chi connectivity index (χ2v) is 5.77. The van der Waals surface area contributed by atoms with E-state index < -0.39 is 0 Å². The van der Waals surface area contributed by atoms with Gasteiger partial charge in [-0.05, 0) is 45.1 Å². The highest BCUT2D eigenvalue weighted by Gasteiger charge is 2.25. The molecule has 4 heteroatoms. The van der Waals surface area contributed by atoms with Crippen LogP contribution >= 0.6 is 0 Å². The Labute approximate surface area is 114 Å². The summed E-state index contributed by atoms with van der Waals surface area (Å²) >= 11 is 0. The van der Waals surface area contributed by atoms with Crippen molar-refractivity contribution in [1.29, 1.82) is 0 Å². The van der Waals surface area contributed by atoms with Crippen molar-refractivity contribution >= 4 is 5.91 Å². The number of amides is 1. The lowest BCUT2D eigenvalue weighted by atomic mass is 9.95. The summed E-state index contributed by atoms with van der Waals surface area (Å²) in [6.45, 7) is 4.28. The molecule has 1 aromatic heterocycles. The van der Waals surface area contributed by atoms with Crippen LogP contribution in [0.15, 0.2) is 6.07 Å². The minimum Gasteiger partial charge on any atom is -0.388 e. The maximum absolute atomic E-state index is 12.3. The zero-order valence-corrected chi connectivity index (χ0v) is 11.6. The average molecular weight is 262 g/mol. The Bertz CT molecular complexity index is 487. The molecule has 0 saturated carbocycles. The standard InChI is InChI=1S/C15H22N2O2/c1-11-9-12-13(5-4-6-14(12)18)17(11)10-15(19)16-7-2-3-8-16/h9,14,18H,2-8,10H2,1H3. The fourth-order valence-corrected chi connectivity index (χ4v) is 3.36. The van der Waals surface area contributed by atoms with Crippen LogP contribution in [0.4, 0.5) is 0 Å². The van der Waals surface area contributed by atoms with Crippen molar-refractivity contribution in [1.82, 2.24) is 9.47 Å². The Hall–Kier alpha value is -1.29. The topological polar surface area (TPSA) is 45.5 Å². The van der Waals surface area contributed by atoms with Crippen molar-refractivity contribution in [3.05, 3.63) is 23.0 Å². The van der Waals surface area contributed by atoms with Gasteiger partial charge in [-0.1, -0.05) is 0 Å². The van der Waals surface area contributed by atoms with Gasteiger partial charge in [0.05, 0.1) is 6.10 Å². The summed E-state index contributed by atoms with van der Waals surface area (Å²) in [5.74, 6) is 0.221. The lowest BCUT2D eigenvalue weighted by Crippen LogP contribution is -2.32. The highest BCUT2D eigenvalue weighted by molar-refractivity contribution is 5.76. The maximum atomic E-state index is 12.3. The van der Waals surface area contributed by atoms with Crippen LogP contribution in [0.2, 0.25) is 0 Å². The minimum atomic E-state index is -0.342. The fraction of sp³-hybridized carbons (Fsp3) is 0.667. The molecule has 1 amide bonds. The molecular weight excluding hydrogens is 240 g/mol. The molecule has 1 aromatic rings. The zero-order chi connectivity index (χ0) is 13.4. The molecule has 0 radical (unpaired) electrons. The van der Waals surface area contributed by atoms with Crippen molar-refractivity contribution in [2.75, 3.05) is 13.1 Å². The molecule has 1 aliphatic heterocycles. The number of carbonyl (C=O) groups excluding carboxylic acids is 1. The first-order valence-corrected chi connectivity index (χ1v) is 7.31. The molecule has 1 fully saturated rings. The van der Waals surface area contributed by atoms with E-state index in [9.17, 15) is 9.90 Å². The fourth-order valence-electron chi connectivity index (χ4n) is 3.36. The van der Waals surface area contributed by atoms with Gasteiger partial charge < -0.3 is 14.6 Å². The van der Waals surface area contributed by atoms with Crippen LogP contribution in [-0.4, -0.2) is 33.6 Å². The molecule has 1 aliphatic carbocycles. The molecule has 104 valence electrons. The zero-order valence-electron chi connectivity index (χ0n) is 11.6. The smallest absolute Gasteiger partial charge is 0.242 e. The number of aliphatic hydroxyl groups is 1. The van der Waals surface area contributed by atoms with Gasteiger partial charge in [0.15, 0.2) is 0 Å². The van der Waals surface area contributed by atoms with Crippen LogP contribution in [0.5, 0.6) is 0 Å². The predicted octanol–water partition coefficient (Wildman–Crippen LogP) is 1.79. The Morgan fingerprint density at radius 3 is 2.84 bits per heavy atom. The highest BCUT2D eigenvalue weighted by atomic mass is 16.3. The summed E-state index contributed by atoms with van der Waals surface area (Å²) in [4.78, 5) is 14.2. The summed E-state index contributed by atoms with van der Waals surface area (Å²) in [6, 6.07) is 2.05. The molecule has 1 atom stereocenters. The van der Waals surface area contributed by atoms with Gasteiger partial charge in [-0.3, -0.25) is 4.79 Å². The Balaban J connectivity index is 1.82. The van der Waals surface area contributed by atoms with E-state index >= 15 is 0 Å². The molecule has 1 saturated heterocycles. The van der Waals surface area contributed by atoms with E-state index in [-0.39, 0.29) is 12.0 Å². The van der Waals surface area contributed by atoms with E-state index in [0.29, 0.717) is 6.54 Å². The van der Waals surface area contributed by atoms with Crippen LogP contribution in [-0.2, 0) is 17.8 Å². The van der Waals surface area contributed by atoms with Crippen molar-refractivity contribution < 1.29 is 9.90 Å². The number of rotatable bonds is 2. The third kappa shape index (κ3) is 2.29. The van der Waals surface area contributed by atoms with Gasteiger partial charge in [0.2, 0.25) is 5.91 Å². The second kappa shape index (κ2) is 5.00. The van der Waals surface area contributed by atoms with Crippen molar-refractivity contribution in [3.63, 3.8) is 0 Å². The number of fused-ring (bicyclic) bond motifs is 1. The number of likely N-dealkylation sites (tertiary alicyclic amines) is 1. The quantitative estimate of drug-likeness (QED) is 0.883. The molecule has 2 aliphatic rings. The number of aromatic nitrogens is 1. The van der Waals surface area contributed by atoms with Gasteiger partial charge in [-0.2, -0.15) is 0 Å². The van der Waals surface area contributed by atoms with Gasteiger partial charge in [-0.15, -0.1) is 0 Å². The Morgan fingerprint density at radius 1 is 1.37 bits per heavy atom.